The Morgan fingerprint density at radius 1 is 1.42 bits per heavy atom. The van der Waals surface area contributed by atoms with E-state index in [4.69, 9.17) is 11.6 Å². The minimum absolute atomic E-state index is 0.0260. The van der Waals surface area contributed by atoms with Crippen molar-refractivity contribution in [2.45, 2.75) is 36.7 Å². The molecule has 1 aromatic heterocycles. The highest BCUT2D eigenvalue weighted by Crippen LogP contribution is 2.25. The Hall–Kier alpha value is -0.690. The van der Waals surface area contributed by atoms with Crippen LogP contribution in [0.5, 0.6) is 0 Å². The van der Waals surface area contributed by atoms with Gasteiger partial charge in [-0.15, -0.1) is 0 Å². The zero-order valence-electron chi connectivity index (χ0n) is 10.4. The minimum atomic E-state index is -3.67. The maximum Gasteiger partial charge on any atom is 0.243 e. The number of aliphatic hydroxyl groups excluding tert-OH is 1. The van der Waals surface area contributed by atoms with Crippen LogP contribution in [0.1, 0.15) is 25.7 Å². The number of rotatable bonds is 4. The zero-order chi connectivity index (χ0) is 13.9. The lowest BCUT2D eigenvalue weighted by Crippen LogP contribution is -2.36. The van der Waals surface area contributed by atoms with Gasteiger partial charge < -0.3 is 5.11 Å². The first-order valence-corrected chi connectivity index (χ1v) is 8.14. The van der Waals surface area contributed by atoms with E-state index in [-0.39, 0.29) is 22.4 Å². The number of aliphatic hydroxyl groups is 1. The van der Waals surface area contributed by atoms with E-state index in [1.807, 2.05) is 0 Å². The van der Waals surface area contributed by atoms with Gasteiger partial charge in [0.15, 0.2) is 0 Å². The number of sulfonamides is 1. The summed E-state index contributed by atoms with van der Waals surface area (Å²) < 4.78 is 26.7. The van der Waals surface area contributed by atoms with Crippen molar-refractivity contribution >= 4 is 21.6 Å². The van der Waals surface area contributed by atoms with E-state index in [9.17, 15) is 13.5 Å². The third-order valence-electron chi connectivity index (χ3n) is 3.43. The normalized spacial score (nSPS) is 24.3. The van der Waals surface area contributed by atoms with Gasteiger partial charge in [0.05, 0.1) is 11.1 Å². The molecule has 0 saturated heterocycles. The summed E-state index contributed by atoms with van der Waals surface area (Å²) in [5.74, 6) is -0.0287. The predicted molar refractivity (Wildman–Crippen MR) is 72.4 cm³/mol. The lowest BCUT2D eigenvalue weighted by atomic mass is 9.87. The summed E-state index contributed by atoms with van der Waals surface area (Å²) in [6.07, 6.45) is 5.83. The molecule has 2 rings (SSSR count). The molecule has 1 aliphatic carbocycles. The maximum absolute atomic E-state index is 12.1. The minimum Gasteiger partial charge on any atom is -0.393 e. The Labute approximate surface area is 118 Å². The standard InChI is InChI=1S/C12H17ClN2O3S/c13-10-5-6-14-8-12(10)19(17,18)15-7-9-3-1-2-4-11(9)16/h5-6,8-9,11,15-16H,1-4,7H2. The molecule has 1 aliphatic rings. The molecule has 5 nitrogen and oxygen atoms in total. The molecule has 1 fully saturated rings. The van der Waals surface area contributed by atoms with Crippen LogP contribution in [0.15, 0.2) is 23.4 Å². The molecule has 0 aliphatic heterocycles. The van der Waals surface area contributed by atoms with Crippen LogP contribution in [-0.2, 0) is 10.0 Å². The highest BCUT2D eigenvalue weighted by atomic mass is 35.5. The number of nitrogens with one attached hydrogen (secondary N) is 1. The van der Waals surface area contributed by atoms with E-state index in [1.54, 1.807) is 0 Å². The molecule has 1 aromatic rings. The Morgan fingerprint density at radius 3 is 2.84 bits per heavy atom. The fourth-order valence-corrected chi connectivity index (χ4v) is 3.80. The van der Waals surface area contributed by atoms with Crippen molar-refractivity contribution in [3.05, 3.63) is 23.5 Å². The van der Waals surface area contributed by atoms with Crippen molar-refractivity contribution in [2.24, 2.45) is 5.92 Å². The van der Waals surface area contributed by atoms with Crippen molar-refractivity contribution < 1.29 is 13.5 Å². The van der Waals surface area contributed by atoms with Crippen LogP contribution in [0.3, 0.4) is 0 Å². The van der Waals surface area contributed by atoms with Gasteiger partial charge in [-0.25, -0.2) is 13.1 Å². The molecule has 0 radical (unpaired) electrons. The largest absolute Gasteiger partial charge is 0.393 e. The highest BCUT2D eigenvalue weighted by Gasteiger charge is 2.26. The molecule has 7 heteroatoms. The SMILES string of the molecule is O=S(=O)(NCC1CCCCC1O)c1cnccc1Cl. The van der Waals surface area contributed by atoms with Crippen LogP contribution in [-0.4, -0.2) is 31.2 Å². The molecule has 1 heterocycles. The average molecular weight is 305 g/mol. The fraction of sp³-hybridized carbons (Fsp3) is 0.583. The Bertz CT molecular complexity index is 536. The van der Waals surface area contributed by atoms with Gasteiger partial charge >= 0.3 is 0 Å². The van der Waals surface area contributed by atoms with Crippen LogP contribution in [0.25, 0.3) is 0 Å². The van der Waals surface area contributed by atoms with E-state index >= 15 is 0 Å². The van der Waals surface area contributed by atoms with E-state index in [1.165, 1.54) is 18.5 Å². The summed E-state index contributed by atoms with van der Waals surface area (Å²) in [4.78, 5) is 3.74. The lowest BCUT2D eigenvalue weighted by Gasteiger charge is -2.27. The van der Waals surface area contributed by atoms with Gasteiger partial charge in [0.1, 0.15) is 4.90 Å². The monoisotopic (exact) mass is 304 g/mol. The van der Waals surface area contributed by atoms with Gasteiger partial charge in [-0.2, -0.15) is 0 Å². The van der Waals surface area contributed by atoms with Gasteiger partial charge in [-0.05, 0) is 24.8 Å². The van der Waals surface area contributed by atoms with Crippen LogP contribution in [0, 0.1) is 5.92 Å². The number of hydrogen-bond donors (Lipinski definition) is 2. The fourth-order valence-electron chi connectivity index (χ4n) is 2.28. The van der Waals surface area contributed by atoms with Gasteiger partial charge in [0.2, 0.25) is 10.0 Å². The number of aromatic nitrogens is 1. The average Bonchev–Trinajstić information content (AvgIpc) is 2.38. The first-order valence-electron chi connectivity index (χ1n) is 6.28. The van der Waals surface area contributed by atoms with Crippen LogP contribution in [0.4, 0.5) is 0 Å². The second kappa shape index (κ2) is 6.17. The number of nitrogens with zero attached hydrogens (tertiary/aromatic N) is 1. The van der Waals surface area contributed by atoms with Gasteiger partial charge in [0.25, 0.3) is 0 Å². The third kappa shape index (κ3) is 3.66. The first-order chi connectivity index (χ1) is 9.00. The molecule has 2 N–H and O–H groups in total. The zero-order valence-corrected chi connectivity index (χ0v) is 12.0. The van der Waals surface area contributed by atoms with Crippen LogP contribution >= 0.6 is 11.6 Å². The van der Waals surface area contributed by atoms with Crippen molar-refractivity contribution in [3.8, 4) is 0 Å². The molecule has 0 amide bonds. The molecular weight excluding hydrogens is 288 g/mol. The molecule has 2 unspecified atom stereocenters. The first kappa shape index (κ1) is 14.7. The number of pyridine rings is 1. The second-order valence-corrected chi connectivity index (χ2v) is 6.91. The van der Waals surface area contributed by atoms with Gasteiger partial charge in [-0.3, -0.25) is 4.98 Å². The van der Waals surface area contributed by atoms with Gasteiger partial charge in [0, 0.05) is 18.9 Å². The summed E-state index contributed by atoms with van der Waals surface area (Å²) in [5, 5.41) is 9.96. The summed E-state index contributed by atoms with van der Waals surface area (Å²) in [6.45, 7) is 0.231. The van der Waals surface area contributed by atoms with E-state index in [0.717, 1.165) is 25.7 Å². The van der Waals surface area contributed by atoms with E-state index in [2.05, 4.69) is 9.71 Å². The quantitative estimate of drug-likeness (QED) is 0.885. The summed E-state index contributed by atoms with van der Waals surface area (Å²) in [7, 11) is -3.67. The highest BCUT2D eigenvalue weighted by molar-refractivity contribution is 7.89. The topological polar surface area (TPSA) is 79.3 Å². The Kier molecular flexibility index (Phi) is 4.78. The predicted octanol–water partition coefficient (Wildman–Crippen LogP) is 1.56. The Balaban J connectivity index is 2.04. The number of halogens is 1. The van der Waals surface area contributed by atoms with Crippen molar-refractivity contribution in [1.82, 2.24) is 9.71 Å². The molecular formula is C12H17ClN2O3S. The van der Waals surface area contributed by atoms with Crippen LogP contribution < -0.4 is 4.72 Å². The van der Waals surface area contributed by atoms with Crippen molar-refractivity contribution in [3.63, 3.8) is 0 Å². The maximum atomic E-state index is 12.1. The van der Waals surface area contributed by atoms with Crippen molar-refractivity contribution in [1.29, 1.82) is 0 Å². The lowest BCUT2D eigenvalue weighted by molar-refractivity contribution is 0.0724. The Morgan fingerprint density at radius 2 is 2.16 bits per heavy atom. The van der Waals surface area contributed by atoms with Crippen LogP contribution in [0.2, 0.25) is 5.02 Å². The third-order valence-corrected chi connectivity index (χ3v) is 5.32. The van der Waals surface area contributed by atoms with E-state index < -0.39 is 16.1 Å². The molecule has 106 valence electrons. The molecule has 19 heavy (non-hydrogen) atoms. The van der Waals surface area contributed by atoms with Crippen molar-refractivity contribution in [2.75, 3.05) is 6.54 Å². The molecule has 0 bridgehead atoms. The second-order valence-electron chi connectivity index (χ2n) is 4.77. The molecule has 0 spiro atoms. The summed E-state index contributed by atoms with van der Waals surface area (Å²) >= 11 is 5.85. The van der Waals surface area contributed by atoms with E-state index in [0.29, 0.717) is 0 Å². The van der Waals surface area contributed by atoms with Gasteiger partial charge in [-0.1, -0.05) is 24.4 Å². The number of hydrogen-bond acceptors (Lipinski definition) is 4. The summed E-state index contributed by atoms with van der Waals surface area (Å²) in [6, 6.07) is 1.44. The molecule has 2 atom stereocenters. The molecule has 0 aromatic carbocycles. The molecule has 1 saturated carbocycles. The smallest absolute Gasteiger partial charge is 0.243 e. The summed E-state index contributed by atoms with van der Waals surface area (Å²) in [5.41, 5.74) is 0.